The zero-order chi connectivity index (χ0) is 18.2. The molecule has 1 unspecified atom stereocenters. The molecule has 0 saturated heterocycles. The van der Waals surface area contributed by atoms with Crippen LogP contribution >= 0.6 is 0 Å². The third-order valence-electron chi connectivity index (χ3n) is 3.92. The van der Waals surface area contributed by atoms with Crippen LogP contribution in [0.25, 0.3) is 10.9 Å². The molecule has 0 aliphatic heterocycles. The fraction of sp³-hybridized carbons (Fsp3) is 0.235. The monoisotopic (exact) mass is 349 g/mol. The second-order valence-corrected chi connectivity index (χ2v) is 5.92. The first-order chi connectivity index (χ1) is 11.7. The number of pyridine rings is 1. The van der Waals surface area contributed by atoms with Gasteiger partial charge in [-0.25, -0.2) is 4.98 Å². The van der Waals surface area contributed by atoms with Crippen LogP contribution in [0, 0.1) is 0 Å². The normalized spacial score (nSPS) is 14.4. The summed E-state index contributed by atoms with van der Waals surface area (Å²) in [5.74, 6) is 0. The summed E-state index contributed by atoms with van der Waals surface area (Å²) in [4.78, 5) is 20.4. The summed E-state index contributed by atoms with van der Waals surface area (Å²) in [6, 6.07) is 5.91. The minimum absolute atomic E-state index is 0.0593. The summed E-state index contributed by atoms with van der Waals surface area (Å²) in [6.07, 6.45) is -0.387. The quantitative estimate of drug-likeness (QED) is 0.789. The summed E-state index contributed by atoms with van der Waals surface area (Å²) in [6.45, 7) is 1.12. The van der Waals surface area contributed by atoms with Crippen LogP contribution in [-0.4, -0.2) is 19.6 Å². The van der Waals surface area contributed by atoms with Gasteiger partial charge in [-0.05, 0) is 30.7 Å². The van der Waals surface area contributed by atoms with Crippen molar-refractivity contribution in [3.05, 3.63) is 70.5 Å². The van der Waals surface area contributed by atoms with Gasteiger partial charge >= 0.3 is 6.18 Å². The Bertz CT molecular complexity index is 981. The van der Waals surface area contributed by atoms with E-state index >= 15 is 0 Å². The molecule has 1 N–H and O–H groups in total. The Morgan fingerprint density at radius 1 is 1.20 bits per heavy atom. The van der Waals surface area contributed by atoms with Gasteiger partial charge in [0.05, 0.1) is 35.5 Å². The highest BCUT2D eigenvalue weighted by Gasteiger charge is 2.33. The number of hydrogen-bond acceptors (Lipinski definition) is 4. The van der Waals surface area contributed by atoms with Crippen molar-refractivity contribution in [2.45, 2.75) is 25.2 Å². The van der Waals surface area contributed by atoms with Crippen molar-refractivity contribution >= 4 is 10.9 Å². The maximum atomic E-state index is 12.9. The summed E-state index contributed by atoms with van der Waals surface area (Å²) in [7, 11) is 0. The van der Waals surface area contributed by atoms with E-state index in [1.165, 1.54) is 48.4 Å². The van der Waals surface area contributed by atoms with Gasteiger partial charge in [-0.15, -0.1) is 0 Å². The Balaban J connectivity index is 2.00. The molecule has 1 aromatic carbocycles. The van der Waals surface area contributed by atoms with Crippen molar-refractivity contribution in [2.24, 2.45) is 0 Å². The van der Waals surface area contributed by atoms with Crippen molar-refractivity contribution < 1.29 is 18.3 Å². The predicted molar refractivity (Wildman–Crippen MR) is 84.8 cm³/mol. The Hall–Kier alpha value is -2.74. The first-order valence-corrected chi connectivity index (χ1v) is 7.38. The van der Waals surface area contributed by atoms with Crippen LogP contribution in [-0.2, 0) is 18.3 Å². The van der Waals surface area contributed by atoms with E-state index in [0.29, 0.717) is 10.9 Å². The minimum atomic E-state index is -4.51. The molecule has 25 heavy (non-hydrogen) atoms. The molecular weight excluding hydrogens is 335 g/mol. The molecule has 0 amide bonds. The van der Waals surface area contributed by atoms with Crippen LogP contribution in [0.5, 0.6) is 0 Å². The largest absolute Gasteiger partial charge is 0.416 e. The summed E-state index contributed by atoms with van der Waals surface area (Å²) in [5, 5.41) is 11.0. The fourth-order valence-corrected chi connectivity index (χ4v) is 2.58. The van der Waals surface area contributed by atoms with E-state index in [1.807, 2.05) is 0 Å². The van der Waals surface area contributed by atoms with E-state index in [9.17, 15) is 23.1 Å². The van der Waals surface area contributed by atoms with Crippen LogP contribution in [0.4, 0.5) is 13.2 Å². The second-order valence-electron chi connectivity index (χ2n) is 5.92. The van der Waals surface area contributed by atoms with E-state index in [0.717, 1.165) is 12.1 Å². The summed E-state index contributed by atoms with van der Waals surface area (Å²) < 4.78 is 39.8. The molecule has 0 spiro atoms. The number of aromatic nitrogens is 3. The van der Waals surface area contributed by atoms with Gasteiger partial charge in [0.2, 0.25) is 0 Å². The molecule has 0 radical (unpaired) electrons. The molecule has 0 bridgehead atoms. The molecule has 3 rings (SSSR count). The zero-order valence-corrected chi connectivity index (χ0v) is 13.2. The van der Waals surface area contributed by atoms with Gasteiger partial charge in [-0.2, -0.15) is 13.2 Å². The fourth-order valence-electron chi connectivity index (χ4n) is 2.58. The Kier molecular flexibility index (Phi) is 4.08. The topological polar surface area (TPSA) is 68.0 Å². The van der Waals surface area contributed by atoms with E-state index in [-0.39, 0.29) is 12.1 Å². The van der Waals surface area contributed by atoms with E-state index in [2.05, 4.69) is 9.97 Å². The molecule has 0 fully saturated rings. The molecule has 0 aliphatic rings. The van der Waals surface area contributed by atoms with Gasteiger partial charge in [0.25, 0.3) is 5.56 Å². The highest BCUT2D eigenvalue weighted by Crippen LogP contribution is 2.32. The van der Waals surface area contributed by atoms with Crippen molar-refractivity contribution in [1.29, 1.82) is 0 Å². The molecular formula is C17H14F3N3O2. The van der Waals surface area contributed by atoms with Crippen molar-refractivity contribution in [3.63, 3.8) is 0 Å². The molecule has 130 valence electrons. The van der Waals surface area contributed by atoms with Crippen molar-refractivity contribution in [3.8, 4) is 0 Å². The smallest absolute Gasteiger partial charge is 0.384 e. The SMILES string of the molecule is CC(O)(Cn1cnc2cnccc2c1=O)c1cccc(C(F)(F)F)c1. The van der Waals surface area contributed by atoms with Gasteiger partial charge in [-0.3, -0.25) is 14.3 Å². The minimum Gasteiger partial charge on any atom is -0.384 e. The maximum absolute atomic E-state index is 12.9. The summed E-state index contributed by atoms with van der Waals surface area (Å²) >= 11 is 0. The van der Waals surface area contributed by atoms with Crippen LogP contribution in [0.2, 0.25) is 0 Å². The Labute approximate surface area is 140 Å². The summed E-state index contributed by atoms with van der Waals surface area (Å²) in [5.41, 5.74) is -2.49. The lowest BCUT2D eigenvalue weighted by Gasteiger charge is -2.25. The van der Waals surface area contributed by atoms with Crippen molar-refractivity contribution in [2.75, 3.05) is 0 Å². The predicted octanol–water partition coefficient (Wildman–Crippen LogP) is 2.72. The van der Waals surface area contributed by atoms with Gasteiger partial charge < -0.3 is 5.11 Å². The van der Waals surface area contributed by atoms with Crippen LogP contribution < -0.4 is 5.56 Å². The number of nitrogens with zero attached hydrogens (tertiary/aromatic N) is 3. The third-order valence-corrected chi connectivity index (χ3v) is 3.92. The first kappa shape index (κ1) is 17.1. The molecule has 5 nitrogen and oxygen atoms in total. The lowest BCUT2D eigenvalue weighted by molar-refractivity contribution is -0.137. The average Bonchev–Trinajstić information content (AvgIpc) is 2.57. The van der Waals surface area contributed by atoms with E-state index in [1.54, 1.807) is 0 Å². The molecule has 0 saturated carbocycles. The number of aliphatic hydroxyl groups is 1. The maximum Gasteiger partial charge on any atom is 0.416 e. The van der Waals surface area contributed by atoms with Crippen LogP contribution in [0.15, 0.2) is 53.8 Å². The third kappa shape index (κ3) is 3.39. The van der Waals surface area contributed by atoms with Gasteiger partial charge in [0, 0.05) is 6.20 Å². The lowest BCUT2D eigenvalue weighted by atomic mass is 9.94. The molecule has 0 aliphatic carbocycles. The van der Waals surface area contributed by atoms with E-state index in [4.69, 9.17) is 0 Å². The number of hydrogen-bond donors (Lipinski definition) is 1. The van der Waals surface area contributed by atoms with Crippen LogP contribution in [0.1, 0.15) is 18.1 Å². The number of fused-ring (bicyclic) bond motifs is 1. The molecule has 2 aromatic heterocycles. The highest BCUT2D eigenvalue weighted by molar-refractivity contribution is 5.75. The average molecular weight is 349 g/mol. The van der Waals surface area contributed by atoms with Crippen molar-refractivity contribution in [1.82, 2.24) is 14.5 Å². The second kappa shape index (κ2) is 5.96. The molecule has 2 heterocycles. The number of rotatable bonds is 3. The Morgan fingerprint density at radius 2 is 1.92 bits per heavy atom. The lowest BCUT2D eigenvalue weighted by Crippen LogP contribution is -2.33. The van der Waals surface area contributed by atoms with Gasteiger partial charge in [-0.1, -0.05) is 12.1 Å². The van der Waals surface area contributed by atoms with Gasteiger partial charge in [0.15, 0.2) is 0 Å². The van der Waals surface area contributed by atoms with Gasteiger partial charge in [0.1, 0.15) is 5.60 Å². The Morgan fingerprint density at radius 3 is 2.64 bits per heavy atom. The molecule has 8 heteroatoms. The highest BCUT2D eigenvalue weighted by atomic mass is 19.4. The number of alkyl halides is 3. The molecule has 3 aromatic rings. The van der Waals surface area contributed by atoms with E-state index < -0.39 is 22.9 Å². The standard InChI is InChI=1S/C17H14F3N3O2/c1-16(25,11-3-2-4-12(7-11)17(18,19)20)9-23-10-22-14-8-21-6-5-13(14)15(23)24/h2-8,10,25H,9H2,1H3. The first-order valence-electron chi connectivity index (χ1n) is 7.38. The molecule has 1 atom stereocenters. The number of benzene rings is 1. The number of halogens is 3. The zero-order valence-electron chi connectivity index (χ0n) is 13.2. The van der Waals surface area contributed by atoms with Crippen LogP contribution in [0.3, 0.4) is 0 Å².